The van der Waals surface area contributed by atoms with Crippen molar-refractivity contribution in [1.82, 2.24) is 0 Å². The minimum atomic E-state index is -0.911. The zero-order chi connectivity index (χ0) is 10.4. The van der Waals surface area contributed by atoms with Crippen LogP contribution in [0.4, 0.5) is 0 Å². The Morgan fingerprint density at radius 1 is 1.21 bits per heavy atom. The van der Waals surface area contributed by atoms with Crippen LogP contribution >= 0.6 is 23.2 Å². The first-order valence-corrected chi connectivity index (χ1v) is 5.15. The molecule has 4 heteroatoms. The standard InChI is InChI=1S/C10H11Cl2NO/c11-10(12,7-4-8-13-14)9-5-2-1-3-6-9/h1-3,5-6H,4,7-8H2. The molecular formula is C10H11Cl2NO. The van der Waals surface area contributed by atoms with E-state index in [1.54, 1.807) is 0 Å². The molecule has 76 valence electrons. The van der Waals surface area contributed by atoms with Crippen LogP contribution in [0, 0.1) is 4.91 Å². The van der Waals surface area contributed by atoms with Gasteiger partial charge in [-0.1, -0.05) is 58.7 Å². The third-order valence-corrected chi connectivity index (χ3v) is 2.75. The van der Waals surface area contributed by atoms with Gasteiger partial charge in [-0.05, 0) is 18.4 Å². The molecule has 0 N–H and O–H groups in total. The van der Waals surface area contributed by atoms with E-state index in [2.05, 4.69) is 5.18 Å². The maximum absolute atomic E-state index is 9.89. The van der Waals surface area contributed by atoms with Crippen molar-refractivity contribution < 1.29 is 0 Å². The van der Waals surface area contributed by atoms with Crippen molar-refractivity contribution in [3.8, 4) is 0 Å². The molecule has 0 aliphatic rings. The van der Waals surface area contributed by atoms with Gasteiger partial charge in [-0.3, -0.25) is 0 Å². The van der Waals surface area contributed by atoms with Gasteiger partial charge in [0.1, 0.15) is 4.33 Å². The second-order valence-corrected chi connectivity index (χ2v) is 4.51. The van der Waals surface area contributed by atoms with E-state index in [1.807, 2.05) is 30.3 Å². The minimum absolute atomic E-state index is 0.258. The highest BCUT2D eigenvalue weighted by Crippen LogP contribution is 2.38. The number of alkyl halides is 2. The topological polar surface area (TPSA) is 29.4 Å². The predicted octanol–water partition coefficient (Wildman–Crippen LogP) is 3.86. The Morgan fingerprint density at radius 2 is 1.86 bits per heavy atom. The highest BCUT2D eigenvalue weighted by atomic mass is 35.5. The summed E-state index contributed by atoms with van der Waals surface area (Å²) in [5.74, 6) is 0. The van der Waals surface area contributed by atoms with E-state index >= 15 is 0 Å². The average molecular weight is 232 g/mol. The van der Waals surface area contributed by atoms with Gasteiger partial charge in [0.05, 0.1) is 6.54 Å². The molecule has 2 nitrogen and oxygen atoms in total. The Balaban J connectivity index is 2.61. The molecule has 1 aromatic rings. The highest BCUT2D eigenvalue weighted by molar-refractivity contribution is 6.48. The monoisotopic (exact) mass is 231 g/mol. The van der Waals surface area contributed by atoms with Gasteiger partial charge in [0.25, 0.3) is 0 Å². The molecule has 0 aliphatic carbocycles. The number of benzene rings is 1. The summed E-state index contributed by atoms with van der Waals surface area (Å²) in [6.07, 6.45) is 1.14. The van der Waals surface area contributed by atoms with Crippen molar-refractivity contribution >= 4 is 23.2 Å². The van der Waals surface area contributed by atoms with Crippen molar-refractivity contribution in [2.24, 2.45) is 5.18 Å². The van der Waals surface area contributed by atoms with E-state index in [9.17, 15) is 4.91 Å². The molecule has 0 saturated carbocycles. The maximum atomic E-state index is 9.89. The van der Waals surface area contributed by atoms with Crippen LogP contribution in [0.3, 0.4) is 0 Å². The van der Waals surface area contributed by atoms with E-state index in [1.165, 1.54) is 0 Å². The van der Waals surface area contributed by atoms with Gasteiger partial charge in [0, 0.05) is 0 Å². The Hall–Kier alpha value is -0.600. The normalized spacial score (nSPS) is 11.3. The van der Waals surface area contributed by atoms with Crippen LogP contribution in [0.15, 0.2) is 35.5 Å². The fourth-order valence-corrected chi connectivity index (χ4v) is 1.71. The first-order chi connectivity index (χ1) is 6.67. The number of hydrogen-bond donors (Lipinski definition) is 0. The zero-order valence-electron chi connectivity index (χ0n) is 7.62. The van der Waals surface area contributed by atoms with Crippen LogP contribution in [0.1, 0.15) is 18.4 Å². The molecular weight excluding hydrogens is 221 g/mol. The van der Waals surface area contributed by atoms with Crippen LogP contribution in [0.2, 0.25) is 0 Å². The smallest absolute Gasteiger partial charge is 0.143 e. The number of nitroso groups, excluding NO2 is 1. The number of halogens is 2. The summed E-state index contributed by atoms with van der Waals surface area (Å²) < 4.78 is -0.911. The average Bonchev–Trinajstić information content (AvgIpc) is 2.19. The van der Waals surface area contributed by atoms with Gasteiger partial charge >= 0.3 is 0 Å². The van der Waals surface area contributed by atoms with Crippen molar-refractivity contribution in [3.05, 3.63) is 40.8 Å². The van der Waals surface area contributed by atoms with E-state index < -0.39 is 4.33 Å². The van der Waals surface area contributed by atoms with Crippen LogP contribution in [0.25, 0.3) is 0 Å². The molecule has 0 heterocycles. The fraction of sp³-hybridized carbons (Fsp3) is 0.400. The molecule has 1 rings (SSSR count). The molecule has 14 heavy (non-hydrogen) atoms. The van der Waals surface area contributed by atoms with Crippen molar-refractivity contribution in [2.45, 2.75) is 17.2 Å². The first-order valence-electron chi connectivity index (χ1n) is 4.39. The zero-order valence-corrected chi connectivity index (χ0v) is 9.13. The van der Waals surface area contributed by atoms with Crippen molar-refractivity contribution in [2.75, 3.05) is 6.54 Å². The Morgan fingerprint density at radius 3 is 2.43 bits per heavy atom. The predicted molar refractivity (Wildman–Crippen MR) is 59.7 cm³/mol. The summed E-state index contributed by atoms with van der Waals surface area (Å²) in [5, 5.41) is 2.77. The van der Waals surface area contributed by atoms with E-state index in [-0.39, 0.29) is 6.54 Å². The van der Waals surface area contributed by atoms with Crippen LogP contribution in [0.5, 0.6) is 0 Å². The molecule has 0 aliphatic heterocycles. The SMILES string of the molecule is O=NCCCC(Cl)(Cl)c1ccccc1. The lowest BCUT2D eigenvalue weighted by molar-refractivity contribution is 0.680. The quantitative estimate of drug-likeness (QED) is 0.430. The van der Waals surface area contributed by atoms with E-state index in [0.717, 1.165) is 5.56 Å². The lowest BCUT2D eigenvalue weighted by Gasteiger charge is -2.18. The third kappa shape index (κ3) is 3.28. The largest absolute Gasteiger partial charge is 0.151 e. The highest BCUT2D eigenvalue weighted by Gasteiger charge is 2.25. The molecule has 0 radical (unpaired) electrons. The Bertz CT molecular complexity index is 287. The molecule has 0 spiro atoms. The minimum Gasteiger partial charge on any atom is -0.151 e. The molecule has 0 aromatic heterocycles. The fourth-order valence-electron chi connectivity index (χ4n) is 1.19. The molecule has 0 fully saturated rings. The molecule has 1 aromatic carbocycles. The summed E-state index contributed by atoms with van der Waals surface area (Å²) in [5.41, 5.74) is 0.856. The lowest BCUT2D eigenvalue weighted by atomic mass is 10.1. The Labute approximate surface area is 93.2 Å². The second kappa shape index (κ2) is 5.32. The van der Waals surface area contributed by atoms with E-state index in [4.69, 9.17) is 23.2 Å². The van der Waals surface area contributed by atoms with E-state index in [0.29, 0.717) is 12.8 Å². The summed E-state index contributed by atoms with van der Waals surface area (Å²) in [6, 6.07) is 9.41. The third-order valence-electron chi connectivity index (χ3n) is 1.94. The maximum Gasteiger partial charge on any atom is 0.143 e. The first kappa shape index (κ1) is 11.5. The van der Waals surface area contributed by atoms with Gasteiger partial charge in [-0.15, -0.1) is 0 Å². The molecule has 0 saturated heterocycles. The van der Waals surface area contributed by atoms with Crippen LogP contribution in [-0.4, -0.2) is 6.54 Å². The number of rotatable bonds is 5. The van der Waals surface area contributed by atoms with Gasteiger partial charge in [0.2, 0.25) is 0 Å². The van der Waals surface area contributed by atoms with Crippen LogP contribution in [-0.2, 0) is 4.33 Å². The number of hydrogen-bond acceptors (Lipinski definition) is 2. The molecule has 0 atom stereocenters. The lowest BCUT2D eigenvalue weighted by Crippen LogP contribution is -2.10. The second-order valence-electron chi connectivity index (χ2n) is 3.03. The number of nitrogens with zero attached hydrogens (tertiary/aromatic N) is 1. The summed E-state index contributed by atoms with van der Waals surface area (Å²) in [6.45, 7) is 0.258. The molecule has 0 unspecified atom stereocenters. The van der Waals surface area contributed by atoms with Crippen molar-refractivity contribution in [3.63, 3.8) is 0 Å². The van der Waals surface area contributed by atoms with Crippen molar-refractivity contribution in [1.29, 1.82) is 0 Å². The van der Waals surface area contributed by atoms with Gasteiger partial charge in [-0.2, -0.15) is 4.91 Å². The van der Waals surface area contributed by atoms with Gasteiger partial charge in [0.15, 0.2) is 0 Å². The van der Waals surface area contributed by atoms with Gasteiger partial charge < -0.3 is 0 Å². The summed E-state index contributed by atoms with van der Waals surface area (Å²) in [4.78, 5) is 9.89. The van der Waals surface area contributed by atoms with Crippen LogP contribution < -0.4 is 0 Å². The Kier molecular flexibility index (Phi) is 4.36. The van der Waals surface area contributed by atoms with Gasteiger partial charge in [-0.25, -0.2) is 0 Å². The summed E-state index contributed by atoms with van der Waals surface area (Å²) >= 11 is 12.2. The summed E-state index contributed by atoms with van der Waals surface area (Å²) in [7, 11) is 0. The molecule has 0 amide bonds. The molecule has 0 bridgehead atoms.